The highest BCUT2D eigenvalue weighted by molar-refractivity contribution is 7.25. The highest BCUT2D eigenvalue weighted by atomic mass is 32.1. The zero-order valence-electron chi connectivity index (χ0n) is 31.0. The lowest BCUT2D eigenvalue weighted by Gasteiger charge is -2.27. The maximum Gasteiger partial charge on any atom is 0.145 e. The number of rotatable bonds is 7. The van der Waals surface area contributed by atoms with Gasteiger partial charge in [0.25, 0.3) is 0 Å². The van der Waals surface area contributed by atoms with Gasteiger partial charge in [-0.2, -0.15) is 0 Å². The van der Waals surface area contributed by atoms with Crippen LogP contribution in [0.4, 0.5) is 17.1 Å². The van der Waals surface area contributed by atoms with E-state index in [4.69, 9.17) is 4.42 Å². The predicted octanol–water partition coefficient (Wildman–Crippen LogP) is 16.1. The number of thiophene rings is 1. The average Bonchev–Trinajstić information content (AvgIpc) is 3.87. The van der Waals surface area contributed by atoms with Crippen LogP contribution in [0.3, 0.4) is 0 Å². The summed E-state index contributed by atoms with van der Waals surface area (Å²) in [7, 11) is 0. The van der Waals surface area contributed by atoms with Gasteiger partial charge in [0.2, 0.25) is 0 Å². The Balaban J connectivity index is 1.10. The third kappa shape index (κ3) is 5.80. The van der Waals surface area contributed by atoms with Crippen molar-refractivity contribution in [3.05, 3.63) is 212 Å². The summed E-state index contributed by atoms with van der Waals surface area (Å²) in [6, 6.07) is 76.2. The Morgan fingerprint density at radius 2 is 0.877 bits per heavy atom. The molecule has 0 saturated carbocycles. The first kappa shape index (κ1) is 33.2. The van der Waals surface area contributed by atoms with Gasteiger partial charge in [-0.05, 0) is 93.5 Å². The molecule has 2 aromatic heterocycles. The minimum absolute atomic E-state index is 0.865. The highest BCUT2D eigenvalue weighted by Crippen LogP contribution is 2.48. The van der Waals surface area contributed by atoms with Crippen LogP contribution in [0.25, 0.3) is 86.6 Å². The van der Waals surface area contributed by atoms with Crippen molar-refractivity contribution < 1.29 is 4.42 Å². The molecular formula is C54H35NOS. The normalized spacial score (nSPS) is 11.5. The molecule has 2 heterocycles. The Morgan fingerprint density at radius 1 is 0.351 bits per heavy atom. The number of hydrogen-bond acceptors (Lipinski definition) is 3. The molecule has 0 aliphatic heterocycles. The zero-order chi connectivity index (χ0) is 37.7. The van der Waals surface area contributed by atoms with Crippen molar-refractivity contribution in [3.8, 4) is 44.5 Å². The molecule has 0 amide bonds. The van der Waals surface area contributed by atoms with Crippen LogP contribution in [0, 0.1) is 0 Å². The van der Waals surface area contributed by atoms with Crippen LogP contribution >= 0.6 is 11.3 Å². The number of anilines is 3. The maximum absolute atomic E-state index is 6.93. The molecule has 0 N–H and O–H groups in total. The van der Waals surface area contributed by atoms with Crippen LogP contribution in [-0.4, -0.2) is 0 Å². The lowest BCUT2D eigenvalue weighted by Crippen LogP contribution is -2.10. The molecule has 0 aliphatic rings. The Bertz CT molecular complexity index is 3130. The third-order valence-corrected chi connectivity index (χ3v) is 12.3. The molecule has 268 valence electrons. The smallest absolute Gasteiger partial charge is 0.145 e. The first-order chi connectivity index (χ1) is 28.3. The SMILES string of the molecule is c1ccc(-c2ccc(N(c3ccc(-c4ccccc4)cc3)c3ccc(-c4ccccc4-c4ccc5c(c4)sc4ccccc45)c4oc5ccccc5c34)cc2)cc1. The van der Waals surface area contributed by atoms with E-state index in [0.717, 1.165) is 50.1 Å². The summed E-state index contributed by atoms with van der Waals surface area (Å²) >= 11 is 1.85. The number of benzene rings is 9. The van der Waals surface area contributed by atoms with Gasteiger partial charge in [-0.15, -0.1) is 11.3 Å². The standard InChI is InChI=1S/C54H35NOS/c1-3-13-36(14-4-1)38-23-28-41(29-24-38)55(42-30-25-39(26-31-42)37-15-5-2-6-16-37)49-34-33-47(54-53(49)48-20-9-11-21-50(48)56-54)44-18-8-7-17-43(44)40-27-32-46-45-19-10-12-22-51(45)57-52(46)35-40/h1-35H. The van der Waals surface area contributed by atoms with E-state index in [2.05, 4.69) is 217 Å². The maximum atomic E-state index is 6.93. The molecule has 0 saturated heterocycles. The fourth-order valence-corrected chi connectivity index (χ4v) is 9.51. The monoisotopic (exact) mass is 745 g/mol. The molecule has 9 aromatic carbocycles. The van der Waals surface area contributed by atoms with Crippen LogP contribution in [0.15, 0.2) is 217 Å². The summed E-state index contributed by atoms with van der Waals surface area (Å²) in [6.07, 6.45) is 0. The molecule has 0 radical (unpaired) electrons. The fourth-order valence-electron chi connectivity index (χ4n) is 8.37. The van der Waals surface area contributed by atoms with Crippen LogP contribution < -0.4 is 4.90 Å². The molecular weight excluding hydrogens is 711 g/mol. The summed E-state index contributed by atoms with van der Waals surface area (Å²) in [5, 5.41) is 4.78. The van der Waals surface area contributed by atoms with Gasteiger partial charge in [0.05, 0.1) is 11.1 Å². The Morgan fingerprint density at radius 3 is 1.56 bits per heavy atom. The van der Waals surface area contributed by atoms with Crippen LogP contribution in [-0.2, 0) is 0 Å². The molecule has 11 rings (SSSR count). The van der Waals surface area contributed by atoms with Crippen LogP contribution in [0.5, 0.6) is 0 Å². The molecule has 0 unspecified atom stereocenters. The number of hydrogen-bond donors (Lipinski definition) is 0. The first-order valence-corrected chi connectivity index (χ1v) is 20.1. The van der Waals surface area contributed by atoms with Gasteiger partial charge in [0.15, 0.2) is 0 Å². The Labute approximate surface area is 335 Å². The lowest BCUT2D eigenvalue weighted by atomic mass is 9.92. The van der Waals surface area contributed by atoms with Gasteiger partial charge in [-0.25, -0.2) is 0 Å². The van der Waals surface area contributed by atoms with Crippen LogP contribution in [0.1, 0.15) is 0 Å². The van der Waals surface area contributed by atoms with Crippen LogP contribution in [0.2, 0.25) is 0 Å². The molecule has 0 fully saturated rings. The zero-order valence-corrected chi connectivity index (χ0v) is 31.8. The molecule has 11 aromatic rings. The largest absolute Gasteiger partial charge is 0.455 e. The van der Waals surface area contributed by atoms with Gasteiger partial charge in [0, 0.05) is 42.5 Å². The van der Waals surface area contributed by atoms with Crippen molar-refractivity contribution in [1.82, 2.24) is 0 Å². The Kier molecular flexibility index (Phi) is 8.04. The van der Waals surface area contributed by atoms with Crippen molar-refractivity contribution in [3.63, 3.8) is 0 Å². The van der Waals surface area contributed by atoms with Gasteiger partial charge in [-0.3, -0.25) is 0 Å². The second-order valence-corrected chi connectivity index (χ2v) is 15.5. The number of furan rings is 1. The van der Waals surface area contributed by atoms with E-state index in [1.807, 2.05) is 11.3 Å². The molecule has 0 spiro atoms. The van der Waals surface area contributed by atoms with E-state index >= 15 is 0 Å². The highest BCUT2D eigenvalue weighted by Gasteiger charge is 2.23. The van der Waals surface area contributed by atoms with E-state index in [1.54, 1.807) is 0 Å². The van der Waals surface area contributed by atoms with Crippen molar-refractivity contribution in [2.24, 2.45) is 0 Å². The summed E-state index contributed by atoms with van der Waals surface area (Å²) in [4.78, 5) is 2.37. The summed E-state index contributed by atoms with van der Waals surface area (Å²) in [5.74, 6) is 0. The number of para-hydroxylation sites is 1. The van der Waals surface area contributed by atoms with Crippen molar-refractivity contribution in [2.45, 2.75) is 0 Å². The molecule has 0 aliphatic carbocycles. The topological polar surface area (TPSA) is 16.4 Å². The molecule has 0 atom stereocenters. The fraction of sp³-hybridized carbons (Fsp3) is 0. The molecule has 3 heteroatoms. The van der Waals surface area contributed by atoms with Gasteiger partial charge in [-0.1, -0.05) is 158 Å². The minimum atomic E-state index is 0.865. The average molecular weight is 746 g/mol. The van der Waals surface area contributed by atoms with Gasteiger partial charge >= 0.3 is 0 Å². The number of nitrogens with zero attached hydrogens (tertiary/aromatic N) is 1. The van der Waals surface area contributed by atoms with Crippen molar-refractivity contribution >= 4 is 70.5 Å². The van der Waals surface area contributed by atoms with E-state index in [0.29, 0.717) is 0 Å². The molecule has 0 bridgehead atoms. The van der Waals surface area contributed by atoms with E-state index in [1.165, 1.54) is 53.6 Å². The summed E-state index contributed by atoms with van der Waals surface area (Å²) < 4.78 is 9.53. The predicted molar refractivity (Wildman–Crippen MR) is 243 cm³/mol. The van der Waals surface area contributed by atoms with Crippen molar-refractivity contribution in [1.29, 1.82) is 0 Å². The summed E-state index contributed by atoms with van der Waals surface area (Å²) in [5.41, 5.74) is 14.3. The Hall–Kier alpha value is -7.20. The third-order valence-electron chi connectivity index (χ3n) is 11.1. The molecule has 57 heavy (non-hydrogen) atoms. The first-order valence-electron chi connectivity index (χ1n) is 19.3. The van der Waals surface area contributed by atoms with Gasteiger partial charge < -0.3 is 9.32 Å². The van der Waals surface area contributed by atoms with E-state index in [9.17, 15) is 0 Å². The summed E-state index contributed by atoms with van der Waals surface area (Å²) in [6.45, 7) is 0. The van der Waals surface area contributed by atoms with Gasteiger partial charge in [0.1, 0.15) is 11.2 Å². The lowest BCUT2D eigenvalue weighted by molar-refractivity contribution is 0.670. The van der Waals surface area contributed by atoms with E-state index in [-0.39, 0.29) is 0 Å². The van der Waals surface area contributed by atoms with E-state index < -0.39 is 0 Å². The second kappa shape index (κ2) is 13.8. The minimum Gasteiger partial charge on any atom is -0.455 e. The van der Waals surface area contributed by atoms with Crippen molar-refractivity contribution in [2.75, 3.05) is 4.90 Å². The molecule has 2 nitrogen and oxygen atoms in total. The number of fused-ring (bicyclic) bond motifs is 6. The quantitative estimate of drug-likeness (QED) is 0.162. The second-order valence-electron chi connectivity index (χ2n) is 14.5.